The van der Waals surface area contributed by atoms with Gasteiger partial charge in [0.25, 0.3) is 0 Å². The van der Waals surface area contributed by atoms with Crippen LogP contribution in [0.4, 0.5) is 0 Å². The van der Waals surface area contributed by atoms with Gasteiger partial charge in [-0.1, -0.05) is 202 Å². The Kier molecular flexibility index (Phi) is 26.3. The van der Waals surface area contributed by atoms with E-state index in [1.165, 1.54) is 127 Å². The molecule has 0 aliphatic rings. The van der Waals surface area contributed by atoms with Crippen molar-refractivity contribution in [3.8, 4) is 0 Å². The van der Waals surface area contributed by atoms with Gasteiger partial charge < -0.3 is 0 Å². The summed E-state index contributed by atoms with van der Waals surface area (Å²) in [5.74, 6) is 0.648. The van der Waals surface area contributed by atoms with Crippen molar-refractivity contribution < 1.29 is 0 Å². The van der Waals surface area contributed by atoms with Gasteiger partial charge in [0.1, 0.15) is 0 Å². The molecule has 0 radical (unpaired) electrons. The quantitative estimate of drug-likeness (QED) is 0.151. The third-order valence-electron chi connectivity index (χ3n) is 11.2. The predicted octanol–water partition coefficient (Wildman–Crippen LogP) is 18.1. The first-order valence-electron chi connectivity index (χ1n) is 23.1. The van der Waals surface area contributed by atoms with E-state index in [0.29, 0.717) is 5.92 Å². The monoisotopic (exact) mass is 819 g/mol. The van der Waals surface area contributed by atoms with Gasteiger partial charge in [-0.3, -0.25) is 0 Å². The van der Waals surface area contributed by atoms with Crippen molar-refractivity contribution in [2.45, 2.75) is 169 Å². The average Bonchev–Trinajstić information content (AvgIpc) is 3.22. The highest BCUT2D eigenvalue weighted by Gasteiger charge is 2.02. The molecule has 61 heavy (non-hydrogen) atoms. The molecule has 0 fully saturated rings. The summed E-state index contributed by atoms with van der Waals surface area (Å²) in [5, 5.41) is 0. The SMILES string of the molecule is CCCCc1cc(C)ccc1C.CCCc1cc(C)ccc1C.CCc1cc(C)ccc1C.Cc1ccc(C)c(C(C)C)c1.Cc1ccc(C)c(C)c1.Cc1ccc(C)cc1. The molecule has 6 rings (SSSR count). The molecule has 0 saturated carbocycles. The fourth-order valence-corrected chi connectivity index (χ4v) is 6.87. The maximum atomic E-state index is 2.31. The van der Waals surface area contributed by atoms with Crippen molar-refractivity contribution in [2.24, 2.45) is 0 Å². The van der Waals surface area contributed by atoms with Crippen molar-refractivity contribution in [1.29, 1.82) is 0 Å². The van der Waals surface area contributed by atoms with E-state index in [1.54, 1.807) is 0 Å². The number of aryl methyl sites for hydroxylation is 16. The summed E-state index contributed by atoms with van der Waals surface area (Å²) >= 11 is 0. The van der Waals surface area contributed by atoms with Crippen LogP contribution in [0.1, 0.15) is 154 Å². The molecule has 0 unspecified atom stereocenters. The topological polar surface area (TPSA) is 0 Å². The van der Waals surface area contributed by atoms with Crippen molar-refractivity contribution >= 4 is 0 Å². The van der Waals surface area contributed by atoms with E-state index in [-0.39, 0.29) is 0 Å². The summed E-state index contributed by atoms with van der Waals surface area (Å²) in [5.41, 5.74) is 23.9. The molecule has 0 saturated heterocycles. The summed E-state index contributed by atoms with van der Waals surface area (Å²) in [6.07, 6.45) is 7.44. The molecule has 6 aromatic rings. The fourth-order valence-electron chi connectivity index (χ4n) is 6.87. The molecule has 330 valence electrons. The zero-order valence-corrected chi connectivity index (χ0v) is 42.3. The normalized spacial score (nSPS) is 10.0. The van der Waals surface area contributed by atoms with Crippen molar-refractivity contribution in [3.63, 3.8) is 0 Å². The van der Waals surface area contributed by atoms with E-state index in [9.17, 15) is 0 Å². The number of unbranched alkanes of at least 4 members (excludes halogenated alkanes) is 1. The smallest absolute Gasteiger partial charge is 0.0216 e. The Morgan fingerprint density at radius 3 is 1.00 bits per heavy atom. The minimum Gasteiger partial charge on any atom is -0.0654 e. The first kappa shape index (κ1) is 54.3. The number of hydrogen-bond donors (Lipinski definition) is 0. The molecule has 0 spiro atoms. The van der Waals surface area contributed by atoms with Gasteiger partial charge in [0.05, 0.1) is 0 Å². The van der Waals surface area contributed by atoms with E-state index in [4.69, 9.17) is 0 Å². The molecule has 0 heterocycles. The Morgan fingerprint density at radius 1 is 0.311 bits per heavy atom. The minimum atomic E-state index is 0.648. The maximum Gasteiger partial charge on any atom is -0.0216 e. The minimum absolute atomic E-state index is 0.648. The van der Waals surface area contributed by atoms with Crippen molar-refractivity contribution in [2.75, 3.05) is 0 Å². The number of rotatable bonds is 7. The molecule has 0 aliphatic heterocycles. The Bertz CT molecular complexity index is 2100. The Hall–Kier alpha value is -4.68. The highest BCUT2D eigenvalue weighted by Crippen LogP contribution is 2.20. The van der Waals surface area contributed by atoms with Gasteiger partial charge in [-0.15, -0.1) is 0 Å². The lowest BCUT2D eigenvalue weighted by Crippen LogP contribution is -1.91. The van der Waals surface area contributed by atoms with Crippen molar-refractivity contribution in [3.05, 3.63) is 210 Å². The predicted molar refractivity (Wildman–Crippen MR) is 276 cm³/mol. The molecule has 0 aliphatic carbocycles. The number of hydrogen-bond acceptors (Lipinski definition) is 0. The summed E-state index contributed by atoms with van der Waals surface area (Å²) in [6.45, 7) is 39.0. The van der Waals surface area contributed by atoms with Crippen LogP contribution >= 0.6 is 0 Å². The zero-order chi connectivity index (χ0) is 46.1. The molecular formula is C61H86. The first-order valence-corrected chi connectivity index (χ1v) is 23.1. The van der Waals surface area contributed by atoms with E-state index in [2.05, 4.69) is 240 Å². The molecule has 0 aromatic heterocycles. The van der Waals surface area contributed by atoms with Crippen molar-refractivity contribution in [1.82, 2.24) is 0 Å². The molecule has 0 atom stereocenters. The van der Waals surface area contributed by atoms with Gasteiger partial charge in [0.2, 0.25) is 0 Å². The van der Waals surface area contributed by atoms with Crippen LogP contribution in [-0.4, -0.2) is 0 Å². The fraction of sp³-hybridized carbons (Fsp3) is 0.410. The second-order valence-corrected chi connectivity index (χ2v) is 17.8. The lowest BCUT2D eigenvalue weighted by atomic mass is 9.96. The molecule has 0 heteroatoms. The second kappa shape index (κ2) is 29.6. The summed E-state index contributed by atoms with van der Waals surface area (Å²) < 4.78 is 0. The van der Waals surface area contributed by atoms with Gasteiger partial charge in [-0.25, -0.2) is 0 Å². The van der Waals surface area contributed by atoms with E-state index >= 15 is 0 Å². The highest BCUT2D eigenvalue weighted by molar-refractivity contribution is 5.34. The Balaban J connectivity index is 0.000000368. The second-order valence-electron chi connectivity index (χ2n) is 17.8. The first-order chi connectivity index (χ1) is 28.8. The van der Waals surface area contributed by atoms with Crippen LogP contribution in [0.5, 0.6) is 0 Å². The van der Waals surface area contributed by atoms with Gasteiger partial charge in [-0.2, -0.15) is 0 Å². The maximum absolute atomic E-state index is 2.31. The van der Waals surface area contributed by atoms with E-state index in [0.717, 1.165) is 6.42 Å². The standard InChI is InChI=1S/C12H18.2C11H16.C10H14.C9H12.C8H10/c1-4-5-6-12-9-10(2)7-8-11(12)3;1-8(2)11-7-9(3)5-6-10(11)4;1-4-5-11-8-9(2)6-7-10(11)3;1-4-10-7-8(2)5-6-9(10)3;1-7-4-5-8(2)9(3)6-7;1-7-3-5-8(2)6-4-7/h7-9H,4-6H2,1-3H3;5-8H,1-4H3;6-8H,4-5H2,1-3H3;5-7H,4H2,1-3H3;4-6H,1-3H3;3-6H,1-2H3. The van der Waals surface area contributed by atoms with Crippen LogP contribution in [0.15, 0.2) is 115 Å². The molecule has 0 bridgehead atoms. The third-order valence-corrected chi connectivity index (χ3v) is 11.2. The number of benzene rings is 6. The van der Waals surface area contributed by atoms with Crippen LogP contribution in [0.25, 0.3) is 0 Å². The average molecular weight is 819 g/mol. The van der Waals surface area contributed by atoms with Gasteiger partial charge >= 0.3 is 0 Å². The van der Waals surface area contributed by atoms with E-state index < -0.39 is 0 Å². The van der Waals surface area contributed by atoms with E-state index in [1.807, 2.05) is 0 Å². The summed E-state index contributed by atoms with van der Waals surface area (Å²) in [6, 6.07) is 41.6. The van der Waals surface area contributed by atoms with Crippen LogP contribution in [0.2, 0.25) is 0 Å². The van der Waals surface area contributed by atoms with Gasteiger partial charge in [0.15, 0.2) is 0 Å². The Morgan fingerprint density at radius 2 is 0.656 bits per heavy atom. The van der Waals surface area contributed by atoms with Gasteiger partial charge in [-0.05, 0) is 177 Å². The summed E-state index contributed by atoms with van der Waals surface area (Å²) in [7, 11) is 0. The Labute approximate surface area is 377 Å². The van der Waals surface area contributed by atoms with Gasteiger partial charge in [0, 0.05) is 0 Å². The van der Waals surface area contributed by atoms with Crippen LogP contribution < -0.4 is 0 Å². The lowest BCUT2D eigenvalue weighted by Gasteiger charge is -2.09. The molecule has 6 aromatic carbocycles. The molecule has 0 N–H and O–H groups in total. The van der Waals surface area contributed by atoms with Crippen LogP contribution in [-0.2, 0) is 19.3 Å². The molecule has 0 nitrogen and oxygen atoms in total. The largest absolute Gasteiger partial charge is 0.0654 e. The summed E-state index contributed by atoms with van der Waals surface area (Å²) in [4.78, 5) is 0. The lowest BCUT2D eigenvalue weighted by molar-refractivity contribution is 0.790. The van der Waals surface area contributed by atoms with Crippen LogP contribution in [0.3, 0.4) is 0 Å². The molecular weight excluding hydrogens is 733 g/mol. The highest BCUT2D eigenvalue weighted by atomic mass is 14.1. The molecule has 0 amide bonds. The zero-order valence-electron chi connectivity index (χ0n) is 42.3. The third kappa shape index (κ3) is 22.7. The van der Waals surface area contributed by atoms with Crippen LogP contribution in [0, 0.1) is 90.0 Å².